The van der Waals surface area contributed by atoms with Crippen molar-refractivity contribution in [2.45, 2.75) is 11.9 Å². The van der Waals surface area contributed by atoms with Gasteiger partial charge in [-0.25, -0.2) is 9.78 Å². The monoisotopic (exact) mass is 305 g/mol. The van der Waals surface area contributed by atoms with Gasteiger partial charge in [-0.15, -0.1) is 0 Å². The summed E-state index contributed by atoms with van der Waals surface area (Å²) in [4.78, 5) is 29.2. The van der Waals surface area contributed by atoms with Gasteiger partial charge in [-0.1, -0.05) is 11.8 Å². The van der Waals surface area contributed by atoms with E-state index in [-0.39, 0.29) is 11.7 Å². The molecule has 0 saturated carbocycles. The highest BCUT2D eigenvalue weighted by Gasteiger charge is 2.07. The standard InChI is InChI=1S/C14H15N3O3S/c1-9-7-15-14(19)17-13(9)21-8-12(18)16-10-3-5-11(20-2)6-4-10/h3-7H,8H2,1-2H3,(H,16,18)(H,15,17,19). The molecule has 2 N–H and O–H groups in total. The van der Waals surface area contributed by atoms with E-state index >= 15 is 0 Å². The van der Waals surface area contributed by atoms with Gasteiger partial charge in [-0.2, -0.15) is 0 Å². The van der Waals surface area contributed by atoms with Crippen molar-refractivity contribution in [2.75, 3.05) is 18.2 Å². The van der Waals surface area contributed by atoms with Crippen molar-refractivity contribution in [3.8, 4) is 5.75 Å². The summed E-state index contributed by atoms with van der Waals surface area (Å²) in [6.07, 6.45) is 1.49. The molecule has 0 unspecified atom stereocenters. The van der Waals surface area contributed by atoms with E-state index < -0.39 is 5.69 Å². The van der Waals surface area contributed by atoms with Crippen molar-refractivity contribution in [1.29, 1.82) is 0 Å². The number of rotatable bonds is 5. The van der Waals surface area contributed by atoms with Crippen LogP contribution < -0.4 is 15.7 Å². The Balaban J connectivity index is 1.92. The van der Waals surface area contributed by atoms with Crippen LogP contribution in [0, 0.1) is 6.92 Å². The van der Waals surface area contributed by atoms with Crippen LogP contribution in [-0.4, -0.2) is 28.7 Å². The molecule has 21 heavy (non-hydrogen) atoms. The minimum absolute atomic E-state index is 0.151. The first-order valence-corrected chi connectivity index (χ1v) is 7.19. The van der Waals surface area contributed by atoms with Crippen molar-refractivity contribution in [3.63, 3.8) is 0 Å². The summed E-state index contributed by atoms with van der Waals surface area (Å²) in [5.74, 6) is 0.780. The maximum absolute atomic E-state index is 11.9. The largest absolute Gasteiger partial charge is 0.497 e. The summed E-state index contributed by atoms with van der Waals surface area (Å²) in [5.41, 5.74) is 1.11. The van der Waals surface area contributed by atoms with Gasteiger partial charge in [0.2, 0.25) is 5.91 Å². The van der Waals surface area contributed by atoms with Crippen LogP contribution >= 0.6 is 11.8 Å². The third-order valence-electron chi connectivity index (χ3n) is 2.68. The lowest BCUT2D eigenvalue weighted by Crippen LogP contribution is -2.16. The van der Waals surface area contributed by atoms with Crippen LogP contribution in [0.3, 0.4) is 0 Å². The van der Waals surface area contributed by atoms with E-state index in [0.717, 1.165) is 11.3 Å². The molecule has 0 spiro atoms. The van der Waals surface area contributed by atoms with Gasteiger partial charge in [0.05, 0.1) is 17.9 Å². The molecule has 0 bridgehead atoms. The normalized spacial score (nSPS) is 10.2. The van der Waals surface area contributed by atoms with Gasteiger partial charge in [-0.3, -0.25) is 4.79 Å². The number of carbonyl (C=O) groups is 1. The van der Waals surface area contributed by atoms with Gasteiger partial charge in [0.1, 0.15) is 5.75 Å². The van der Waals surface area contributed by atoms with E-state index in [1.165, 1.54) is 18.0 Å². The maximum atomic E-state index is 11.9. The first kappa shape index (κ1) is 15.1. The van der Waals surface area contributed by atoms with Crippen LogP contribution in [0.15, 0.2) is 40.3 Å². The Morgan fingerprint density at radius 1 is 1.38 bits per heavy atom. The number of H-pyrrole nitrogens is 1. The van der Waals surface area contributed by atoms with E-state index in [1.54, 1.807) is 31.4 Å². The molecule has 0 radical (unpaired) electrons. The van der Waals surface area contributed by atoms with Gasteiger partial charge in [0.25, 0.3) is 0 Å². The molecule has 1 heterocycles. The summed E-state index contributed by atoms with van der Waals surface area (Å²) in [6.45, 7) is 1.83. The van der Waals surface area contributed by atoms with E-state index in [0.29, 0.717) is 10.7 Å². The molecule has 0 atom stereocenters. The number of hydrogen-bond acceptors (Lipinski definition) is 5. The molecule has 0 aliphatic rings. The molecule has 0 fully saturated rings. The molecule has 2 aromatic rings. The second-order valence-corrected chi connectivity index (χ2v) is 5.25. The molecule has 6 nitrogen and oxygen atoms in total. The lowest BCUT2D eigenvalue weighted by molar-refractivity contribution is -0.113. The zero-order valence-electron chi connectivity index (χ0n) is 11.7. The fraction of sp³-hybridized carbons (Fsp3) is 0.214. The second-order valence-electron chi connectivity index (χ2n) is 4.27. The van der Waals surface area contributed by atoms with Crippen LogP contribution in [0.25, 0.3) is 0 Å². The molecule has 0 aliphatic heterocycles. The highest BCUT2D eigenvalue weighted by molar-refractivity contribution is 8.00. The van der Waals surface area contributed by atoms with Gasteiger partial charge in [-0.05, 0) is 36.8 Å². The summed E-state index contributed by atoms with van der Waals surface area (Å²) in [5, 5.41) is 3.43. The summed E-state index contributed by atoms with van der Waals surface area (Å²) < 4.78 is 5.05. The van der Waals surface area contributed by atoms with Crippen molar-refractivity contribution < 1.29 is 9.53 Å². The summed E-state index contributed by atoms with van der Waals surface area (Å²) >= 11 is 1.26. The first-order chi connectivity index (χ1) is 10.1. The summed E-state index contributed by atoms with van der Waals surface area (Å²) in [7, 11) is 1.59. The molecule has 0 saturated heterocycles. The number of carbonyl (C=O) groups excluding carboxylic acids is 1. The molecular formula is C14H15N3O3S. The summed E-state index contributed by atoms with van der Waals surface area (Å²) in [6, 6.07) is 7.07. The Morgan fingerprint density at radius 3 is 2.76 bits per heavy atom. The Kier molecular flexibility index (Phi) is 4.99. The number of aromatic nitrogens is 2. The number of benzene rings is 1. The zero-order chi connectivity index (χ0) is 15.2. The molecule has 2 rings (SSSR count). The fourth-order valence-electron chi connectivity index (χ4n) is 1.60. The Morgan fingerprint density at radius 2 is 2.10 bits per heavy atom. The van der Waals surface area contributed by atoms with E-state index in [4.69, 9.17) is 4.74 Å². The molecule has 0 aliphatic carbocycles. The third kappa shape index (κ3) is 4.35. The van der Waals surface area contributed by atoms with Crippen LogP contribution in [0.1, 0.15) is 5.56 Å². The topological polar surface area (TPSA) is 84.1 Å². The number of hydrogen-bond donors (Lipinski definition) is 2. The molecule has 1 aromatic heterocycles. The Hall–Kier alpha value is -2.28. The molecule has 7 heteroatoms. The van der Waals surface area contributed by atoms with Crippen molar-refractivity contribution in [1.82, 2.24) is 9.97 Å². The fourth-order valence-corrected chi connectivity index (χ4v) is 2.39. The van der Waals surface area contributed by atoms with Crippen LogP contribution in [-0.2, 0) is 4.79 Å². The SMILES string of the molecule is COc1ccc(NC(=O)CSc2[nH]c(=O)ncc2C)cc1. The average Bonchev–Trinajstić information content (AvgIpc) is 2.49. The van der Waals surface area contributed by atoms with Crippen molar-refractivity contribution >= 4 is 23.4 Å². The predicted molar refractivity (Wildman–Crippen MR) is 81.9 cm³/mol. The van der Waals surface area contributed by atoms with Crippen molar-refractivity contribution in [3.05, 3.63) is 46.5 Å². The van der Waals surface area contributed by atoms with E-state index in [9.17, 15) is 9.59 Å². The smallest absolute Gasteiger partial charge is 0.345 e. The van der Waals surface area contributed by atoms with Crippen molar-refractivity contribution in [2.24, 2.45) is 0 Å². The number of amides is 1. The second kappa shape index (κ2) is 6.94. The average molecular weight is 305 g/mol. The lowest BCUT2D eigenvalue weighted by Gasteiger charge is -2.07. The first-order valence-electron chi connectivity index (χ1n) is 6.21. The third-order valence-corrected chi connectivity index (χ3v) is 3.79. The molecule has 110 valence electrons. The van der Waals surface area contributed by atoms with E-state index in [1.807, 2.05) is 6.92 Å². The predicted octanol–water partition coefficient (Wildman–Crippen LogP) is 1.82. The number of methoxy groups -OCH3 is 1. The van der Waals surface area contributed by atoms with Gasteiger partial charge in [0.15, 0.2) is 0 Å². The zero-order valence-corrected chi connectivity index (χ0v) is 12.5. The highest BCUT2D eigenvalue weighted by Crippen LogP contribution is 2.19. The molecular weight excluding hydrogens is 290 g/mol. The maximum Gasteiger partial charge on any atom is 0.345 e. The molecule has 1 amide bonds. The number of thioether (sulfide) groups is 1. The number of aryl methyl sites for hydroxylation is 1. The minimum Gasteiger partial charge on any atom is -0.497 e. The lowest BCUT2D eigenvalue weighted by atomic mass is 10.3. The Bertz CT molecular complexity index is 683. The quantitative estimate of drug-likeness (QED) is 0.650. The van der Waals surface area contributed by atoms with E-state index in [2.05, 4.69) is 15.3 Å². The Labute approximate surface area is 125 Å². The minimum atomic E-state index is -0.418. The number of ether oxygens (including phenoxy) is 1. The number of aromatic amines is 1. The van der Waals surface area contributed by atoms with Gasteiger partial charge < -0.3 is 15.0 Å². The van der Waals surface area contributed by atoms with Crippen LogP contribution in [0.2, 0.25) is 0 Å². The van der Waals surface area contributed by atoms with Crippen LogP contribution in [0.4, 0.5) is 5.69 Å². The highest BCUT2D eigenvalue weighted by atomic mass is 32.2. The number of nitrogens with one attached hydrogen (secondary N) is 2. The van der Waals surface area contributed by atoms with Gasteiger partial charge >= 0.3 is 5.69 Å². The van der Waals surface area contributed by atoms with Gasteiger partial charge in [0, 0.05) is 11.9 Å². The molecule has 1 aromatic carbocycles. The van der Waals surface area contributed by atoms with Crippen LogP contribution in [0.5, 0.6) is 5.75 Å². The number of anilines is 1. The number of nitrogens with zero attached hydrogens (tertiary/aromatic N) is 1.